The molecule has 2 N–H and O–H groups in total. The van der Waals surface area contributed by atoms with E-state index >= 15 is 4.39 Å². The highest BCUT2D eigenvalue weighted by atomic mass is 19.1. The molecule has 0 bridgehead atoms. The van der Waals surface area contributed by atoms with E-state index in [4.69, 9.17) is 0 Å². The molecule has 4 heterocycles. The lowest BCUT2D eigenvalue weighted by atomic mass is 10.1. The molecule has 1 saturated heterocycles. The summed E-state index contributed by atoms with van der Waals surface area (Å²) in [5, 5.41) is 2.42. The number of carbonyl (C=O) groups excluding carboxylic acids is 1. The van der Waals surface area contributed by atoms with E-state index in [1.807, 2.05) is 4.90 Å². The van der Waals surface area contributed by atoms with Gasteiger partial charge in [0.2, 0.25) is 5.95 Å². The number of fused-ring (bicyclic) bond motifs is 3. The molecule has 8 nitrogen and oxygen atoms in total. The van der Waals surface area contributed by atoms with Crippen LogP contribution in [0.1, 0.15) is 33.6 Å². The number of pyridine rings is 3. The number of aromatic nitrogens is 3. The minimum absolute atomic E-state index is 0.0281. The Bertz CT molecular complexity index is 1300. The fourth-order valence-corrected chi connectivity index (χ4v) is 4.73. The Kier molecular flexibility index (Phi) is 5.53. The molecule has 3 aromatic rings. The van der Waals surface area contributed by atoms with Gasteiger partial charge in [-0.05, 0) is 37.0 Å². The van der Waals surface area contributed by atoms with Crippen LogP contribution >= 0.6 is 0 Å². The molecule has 1 aliphatic carbocycles. The Morgan fingerprint density at radius 2 is 1.91 bits per heavy atom. The van der Waals surface area contributed by atoms with Gasteiger partial charge in [-0.25, -0.2) is 9.37 Å². The molecule has 5 rings (SSSR count). The molecule has 0 atom stereocenters. The molecule has 1 fully saturated rings. The molecular formula is C23H24F2N6O2. The predicted octanol–water partition coefficient (Wildman–Crippen LogP) is 1.77. The van der Waals surface area contributed by atoms with Crippen LogP contribution in [0, 0.1) is 11.8 Å². The van der Waals surface area contributed by atoms with E-state index in [1.54, 1.807) is 12.3 Å². The van der Waals surface area contributed by atoms with Crippen molar-refractivity contribution in [1.29, 1.82) is 0 Å². The van der Waals surface area contributed by atoms with E-state index in [0.29, 0.717) is 55.9 Å². The number of H-pyrrole nitrogens is 1. The molecule has 0 saturated carbocycles. The number of rotatable bonds is 4. The molecule has 1 amide bonds. The topological polar surface area (TPSA) is 94.2 Å². The maximum atomic E-state index is 15.3. The van der Waals surface area contributed by atoms with Crippen molar-refractivity contribution in [2.75, 3.05) is 38.1 Å². The van der Waals surface area contributed by atoms with Gasteiger partial charge in [-0.15, -0.1) is 0 Å². The second-order valence-electron chi connectivity index (χ2n) is 8.43. The summed E-state index contributed by atoms with van der Waals surface area (Å²) >= 11 is 0. The number of aryl methyl sites for hydroxylation is 1. The van der Waals surface area contributed by atoms with Crippen LogP contribution in [0.2, 0.25) is 0 Å². The molecule has 172 valence electrons. The molecule has 1 aliphatic heterocycles. The quantitative estimate of drug-likeness (QED) is 0.584. The summed E-state index contributed by atoms with van der Waals surface area (Å²) in [5.41, 5.74) is 2.89. The van der Waals surface area contributed by atoms with Crippen molar-refractivity contribution in [3.05, 3.63) is 62.8 Å². The molecule has 2 aliphatic rings. The van der Waals surface area contributed by atoms with Crippen molar-refractivity contribution in [2.24, 2.45) is 0 Å². The van der Waals surface area contributed by atoms with Gasteiger partial charge >= 0.3 is 0 Å². The number of amides is 1. The second-order valence-corrected chi connectivity index (χ2v) is 8.43. The van der Waals surface area contributed by atoms with Crippen LogP contribution < -0.4 is 15.8 Å². The normalized spacial score (nSPS) is 16.3. The first-order valence-corrected chi connectivity index (χ1v) is 11.0. The van der Waals surface area contributed by atoms with E-state index in [-0.39, 0.29) is 16.8 Å². The summed E-state index contributed by atoms with van der Waals surface area (Å²) < 4.78 is 29.7. The van der Waals surface area contributed by atoms with Crippen LogP contribution in [0.3, 0.4) is 0 Å². The number of nitrogens with one attached hydrogen (secondary N) is 2. The van der Waals surface area contributed by atoms with Crippen LogP contribution in [0.5, 0.6) is 0 Å². The number of hydrogen-bond acceptors (Lipinski definition) is 6. The molecule has 0 unspecified atom stereocenters. The largest absolute Gasteiger partial charge is 0.365 e. The molecule has 0 spiro atoms. The zero-order valence-corrected chi connectivity index (χ0v) is 18.3. The second kappa shape index (κ2) is 8.51. The highest BCUT2D eigenvalue weighted by Gasteiger charge is 2.24. The van der Waals surface area contributed by atoms with E-state index in [0.717, 1.165) is 24.0 Å². The van der Waals surface area contributed by atoms with E-state index < -0.39 is 17.7 Å². The number of anilines is 1. The maximum absolute atomic E-state index is 15.3. The summed E-state index contributed by atoms with van der Waals surface area (Å²) in [5.74, 6) is -1.57. The zero-order chi connectivity index (χ0) is 23.1. The molecule has 10 heteroatoms. The van der Waals surface area contributed by atoms with Gasteiger partial charge in [0.1, 0.15) is 11.2 Å². The fraction of sp³-hybridized carbons (Fsp3) is 0.391. The van der Waals surface area contributed by atoms with E-state index in [9.17, 15) is 14.0 Å². The Labute approximate surface area is 188 Å². The van der Waals surface area contributed by atoms with Crippen LogP contribution in [-0.4, -0.2) is 59.0 Å². The average Bonchev–Trinajstić information content (AvgIpc) is 3.32. The van der Waals surface area contributed by atoms with Crippen molar-refractivity contribution in [1.82, 2.24) is 25.2 Å². The first-order valence-electron chi connectivity index (χ1n) is 11.0. The zero-order valence-electron chi connectivity index (χ0n) is 18.3. The third-order valence-corrected chi connectivity index (χ3v) is 6.50. The van der Waals surface area contributed by atoms with Crippen LogP contribution in [0.4, 0.5) is 14.5 Å². The van der Waals surface area contributed by atoms with Gasteiger partial charge < -0.3 is 15.2 Å². The van der Waals surface area contributed by atoms with Crippen molar-refractivity contribution in [2.45, 2.75) is 25.8 Å². The lowest BCUT2D eigenvalue weighted by Gasteiger charge is -2.36. The van der Waals surface area contributed by atoms with Crippen molar-refractivity contribution < 1.29 is 13.6 Å². The van der Waals surface area contributed by atoms with Crippen LogP contribution in [-0.2, 0) is 19.4 Å². The predicted molar refractivity (Wildman–Crippen MR) is 119 cm³/mol. The lowest BCUT2D eigenvalue weighted by Crippen LogP contribution is -2.46. The van der Waals surface area contributed by atoms with Crippen molar-refractivity contribution in [3.63, 3.8) is 0 Å². The molecule has 0 radical (unpaired) electrons. The van der Waals surface area contributed by atoms with Crippen LogP contribution in [0.15, 0.2) is 23.1 Å². The monoisotopic (exact) mass is 454 g/mol. The van der Waals surface area contributed by atoms with Gasteiger partial charge in [-0.2, -0.15) is 4.39 Å². The van der Waals surface area contributed by atoms with Crippen molar-refractivity contribution >= 4 is 22.6 Å². The molecule has 33 heavy (non-hydrogen) atoms. The minimum Gasteiger partial charge on any atom is -0.365 e. The highest BCUT2D eigenvalue weighted by molar-refractivity contribution is 5.92. The summed E-state index contributed by atoms with van der Waals surface area (Å²) in [4.78, 5) is 38.8. The summed E-state index contributed by atoms with van der Waals surface area (Å²) in [7, 11) is 1.47. The SMILES string of the molecule is CNC(=O)c1ccc(N2CCN(Cc3cnc4c5c(c(=O)[nH]c4c3F)CCC5)CC2)c(F)n1. The average molecular weight is 454 g/mol. The Hall–Kier alpha value is -3.40. The number of piperazine rings is 1. The van der Waals surface area contributed by atoms with Crippen molar-refractivity contribution in [3.8, 4) is 0 Å². The van der Waals surface area contributed by atoms with Gasteiger partial charge in [0, 0.05) is 57.1 Å². The maximum Gasteiger partial charge on any atom is 0.269 e. The first kappa shape index (κ1) is 21.4. The molecule has 3 aromatic heterocycles. The third-order valence-electron chi connectivity index (χ3n) is 6.50. The van der Waals surface area contributed by atoms with Crippen LogP contribution in [0.25, 0.3) is 11.0 Å². The number of aromatic amines is 1. The standard InChI is InChI=1S/C23H24F2N6O2/c1-26-23(33)16-5-6-17(21(25)28-16)31-9-7-30(8-10-31)12-13-11-27-19-14-3-2-4-15(14)22(32)29-20(19)18(13)24/h5-6,11H,2-4,7-10,12H2,1H3,(H,26,33)(H,29,32). The van der Waals surface area contributed by atoms with E-state index in [1.165, 1.54) is 13.1 Å². The Morgan fingerprint density at radius 1 is 1.15 bits per heavy atom. The van der Waals surface area contributed by atoms with Gasteiger partial charge in [0.15, 0.2) is 5.82 Å². The number of nitrogens with zero attached hydrogens (tertiary/aromatic N) is 4. The summed E-state index contributed by atoms with van der Waals surface area (Å²) in [6.07, 6.45) is 3.90. The van der Waals surface area contributed by atoms with Gasteiger partial charge in [0.25, 0.3) is 11.5 Å². The highest BCUT2D eigenvalue weighted by Crippen LogP contribution is 2.28. The van der Waals surface area contributed by atoms with Gasteiger partial charge in [-0.3, -0.25) is 19.5 Å². The smallest absolute Gasteiger partial charge is 0.269 e. The lowest BCUT2D eigenvalue weighted by molar-refractivity contribution is 0.0957. The Balaban J connectivity index is 1.30. The third kappa shape index (κ3) is 3.84. The van der Waals surface area contributed by atoms with Gasteiger partial charge in [-0.1, -0.05) is 0 Å². The molecular weight excluding hydrogens is 430 g/mol. The first-order chi connectivity index (χ1) is 16.0. The summed E-state index contributed by atoms with van der Waals surface area (Å²) in [6.45, 7) is 2.59. The van der Waals surface area contributed by atoms with Gasteiger partial charge in [0.05, 0.1) is 11.2 Å². The van der Waals surface area contributed by atoms with E-state index in [2.05, 4.69) is 25.2 Å². The number of halogens is 2. The Morgan fingerprint density at radius 3 is 2.64 bits per heavy atom. The minimum atomic E-state index is -0.689. The molecule has 0 aromatic carbocycles. The fourth-order valence-electron chi connectivity index (χ4n) is 4.73. The number of hydrogen-bond donors (Lipinski definition) is 2. The summed E-state index contributed by atoms with van der Waals surface area (Å²) in [6, 6.07) is 3.06. The number of carbonyl (C=O) groups is 1.